The van der Waals surface area contributed by atoms with Gasteiger partial charge in [-0.1, -0.05) is 47.1 Å². The van der Waals surface area contributed by atoms with Crippen LogP contribution in [0.2, 0.25) is 0 Å². The first-order valence-corrected chi connectivity index (χ1v) is 8.05. The van der Waals surface area contributed by atoms with Crippen LogP contribution in [-0.4, -0.2) is 29.2 Å². The summed E-state index contributed by atoms with van der Waals surface area (Å²) in [7, 11) is 0. The van der Waals surface area contributed by atoms with Crippen molar-refractivity contribution in [2.45, 2.75) is 13.3 Å². The number of rotatable bonds is 7. The first-order chi connectivity index (χ1) is 12.2. The molecule has 0 aliphatic rings. The molecule has 0 saturated carbocycles. The molecular weight excluding hydrogens is 318 g/mol. The fourth-order valence-corrected chi connectivity index (χ4v) is 2.28. The Morgan fingerprint density at radius 2 is 2.00 bits per heavy atom. The van der Waals surface area contributed by atoms with Gasteiger partial charge in [0.25, 0.3) is 5.91 Å². The SMILES string of the molecule is Cc1cccc(-c2noc(CCNC(=O)COc3ccccc3)n2)c1. The lowest BCUT2D eigenvalue weighted by Crippen LogP contribution is -2.30. The second-order valence-electron chi connectivity index (χ2n) is 5.58. The zero-order valence-corrected chi connectivity index (χ0v) is 13.9. The number of nitrogens with one attached hydrogen (secondary N) is 1. The van der Waals surface area contributed by atoms with Gasteiger partial charge in [-0.3, -0.25) is 4.79 Å². The Bertz CT molecular complexity index is 831. The lowest BCUT2D eigenvalue weighted by molar-refractivity contribution is -0.123. The largest absolute Gasteiger partial charge is 0.484 e. The minimum atomic E-state index is -0.192. The van der Waals surface area contributed by atoms with Crippen molar-refractivity contribution in [3.8, 4) is 17.1 Å². The van der Waals surface area contributed by atoms with Crippen molar-refractivity contribution in [3.05, 3.63) is 66.1 Å². The molecule has 25 heavy (non-hydrogen) atoms. The van der Waals surface area contributed by atoms with Gasteiger partial charge < -0.3 is 14.6 Å². The van der Waals surface area contributed by atoms with Gasteiger partial charge in [0.15, 0.2) is 6.61 Å². The van der Waals surface area contributed by atoms with E-state index in [1.807, 2.05) is 49.4 Å². The number of ether oxygens (including phenoxy) is 1. The van der Waals surface area contributed by atoms with Crippen LogP contribution in [0.5, 0.6) is 5.75 Å². The average Bonchev–Trinajstić information content (AvgIpc) is 3.10. The summed E-state index contributed by atoms with van der Waals surface area (Å²) in [5.41, 5.74) is 2.05. The predicted octanol–water partition coefficient (Wildman–Crippen LogP) is 2.78. The molecule has 128 valence electrons. The van der Waals surface area contributed by atoms with E-state index in [4.69, 9.17) is 9.26 Å². The Labute approximate surface area is 145 Å². The molecule has 3 rings (SSSR count). The van der Waals surface area contributed by atoms with E-state index in [2.05, 4.69) is 15.5 Å². The van der Waals surface area contributed by atoms with Crippen LogP contribution >= 0.6 is 0 Å². The minimum Gasteiger partial charge on any atom is -0.484 e. The van der Waals surface area contributed by atoms with E-state index in [9.17, 15) is 4.79 Å². The van der Waals surface area contributed by atoms with Gasteiger partial charge in [0, 0.05) is 18.5 Å². The Kier molecular flexibility index (Phi) is 5.41. The van der Waals surface area contributed by atoms with Gasteiger partial charge in [0.05, 0.1) is 0 Å². The molecule has 0 bridgehead atoms. The van der Waals surface area contributed by atoms with Gasteiger partial charge in [0.1, 0.15) is 5.75 Å². The number of para-hydroxylation sites is 1. The highest BCUT2D eigenvalue weighted by atomic mass is 16.5. The monoisotopic (exact) mass is 337 g/mol. The number of aromatic nitrogens is 2. The average molecular weight is 337 g/mol. The van der Waals surface area contributed by atoms with E-state index >= 15 is 0 Å². The maximum Gasteiger partial charge on any atom is 0.257 e. The van der Waals surface area contributed by atoms with Gasteiger partial charge in [0.2, 0.25) is 11.7 Å². The van der Waals surface area contributed by atoms with E-state index in [-0.39, 0.29) is 12.5 Å². The molecule has 0 atom stereocenters. The molecule has 1 amide bonds. The molecule has 6 nitrogen and oxygen atoms in total. The lowest BCUT2D eigenvalue weighted by atomic mass is 10.1. The quantitative estimate of drug-likeness (QED) is 0.717. The van der Waals surface area contributed by atoms with Crippen molar-refractivity contribution in [2.75, 3.05) is 13.2 Å². The van der Waals surface area contributed by atoms with Gasteiger partial charge in [-0.25, -0.2) is 0 Å². The maximum atomic E-state index is 11.8. The molecule has 1 aromatic heterocycles. The van der Waals surface area contributed by atoms with E-state index in [1.165, 1.54) is 0 Å². The van der Waals surface area contributed by atoms with Crippen molar-refractivity contribution < 1.29 is 14.1 Å². The molecule has 0 saturated heterocycles. The Morgan fingerprint density at radius 3 is 2.80 bits per heavy atom. The molecular formula is C19H19N3O3. The third kappa shape index (κ3) is 4.91. The number of amides is 1. The summed E-state index contributed by atoms with van der Waals surface area (Å²) in [6.07, 6.45) is 0.468. The molecule has 0 unspecified atom stereocenters. The number of aryl methyl sites for hydroxylation is 1. The highest BCUT2D eigenvalue weighted by Gasteiger charge is 2.09. The molecule has 0 fully saturated rings. The summed E-state index contributed by atoms with van der Waals surface area (Å²) in [5, 5.41) is 6.75. The number of hydrogen-bond acceptors (Lipinski definition) is 5. The van der Waals surface area contributed by atoms with Crippen molar-refractivity contribution in [3.63, 3.8) is 0 Å². The third-order valence-electron chi connectivity index (χ3n) is 3.52. The molecule has 0 radical (unpaired) electrons. The minimum absolute atomic E-state index is 0.0254. The van der Waals surface area contributed by atoms with Gasteiger partial charge in [-0.2, -0.15) is 4.98 Å². The molecule has 1 heterocycles. The molecule has 3 aromatic rings. The number of hydrogen-bond donors (Lipinski definition) is 1. The lowest BCUT2D eigenvalue weighted by Gasteiger charge is -2.06. The fourth-order valence-electron chi connectivity index (χ4n) is 2.28. The van der Waals surface area contributed by atoms with Crippen molar-refractivity contribution in [2.24, 2.45) is 0 Å². The third-order valence-corrected chi connectivity index (χ3v) is 3.52. The van der Waals surface area contributed by atoms with Crippen LogP contribution in [0, 0.1) is 6.92 Å². The van der Waals surface area contributed by atoms with Crippen LogP contribution in [0.4, 0.5) is 0 Å². The topological polar surface area (TPSA) is 77.2 Å². The first-order valence-electron chi connectivity index (χ1n) is 8.05. The Balaban J connectivity index is 1.44. The molecule has 0 aliphatic carbocycles. The summed E-state index contributed by atoms with van der Waals surface area (Å²) < 4.78 is 10.6. The second-order valence-corrected chi connectivity index (χ2v) is 5.58. The molecule has 0 aliphatic heterocycles. The van der Waals surface area contributed by atoms with E-state index in [1.54, 1.807) is 12.1 Å². The van der Waals surface area contributed by atoms with Crippen LogP contribution in [0.1, 0.15) is 11.5 Å². The zero-order chi connectivity index (χ0) is 17.5. The van der Waals surface area contributed by atoms with Crippen LogP contribution in [0.15, 0.2) is 59.1 Å². The molecule has 6 heteroatoms. The van der Waals surface area contributed by atoms with Crippen LogP contribution in [0.25, 0.3) is 11.4 Å². The molecule has 2 aromatic carbocycles. The Morgan fingerprint density at radius 1 is 1.16 bits per heavy atom. The predicted molar refractivity (Wildman–Crippen MR) is 93.1 cm³/mol. The summed E-state index contributed by atoms with van der Waals surface area (Å²) in [5.74, 6) is 1.51. The van der Waals surface area contributed by atoms with Crippen LogP contribution < -0.4 is 10.1 Å². The fraction of sp³-hybridized carbons (Fsp3) is 0.211. The smallest absolute Gasteiger partial charge is 0.257 e. The zero-order valence-electron chi connectivity index (χ0n) is 13.9. The van der Waals surface area contributed by atoms with E-state index < -0.39 is 0 Å². The molecule has 0 spiro atoms. The van der Waals surface area contributed by atoms with Crippen molar-refractivity contribution in [1.29, 1.82) is 0 Å². The van der Waals surface area contributed by atoms with E-state index in [0.717, 1.165) is 11.1 Å². The van der Waals surface area contributed by atoms with Crippen molar-refractivity contribution >= 4 is 5.91 Å². The standard InChI is InChI=1S/C19H19N3O3/c1-14-6-5-7-15(12-14)19-21-18(25-22-19)10-11-20-17(23)13-24-16-8-3-2-4-9-16/h2-9,12H,10-11,13H2,1H3,(H,20,23). The second kappa shape index (κ2) is 8.10. The van der Waals surface area contributed by atoms with Gasteiger partial charge in [-0.05, 0) is 25.1 Å². The highest BCUT2D eigenvalue weighted by Crippen LogP contribution is 2.16. The normalized spacial score (nSPS) is 10.4. The summed E-state index contributed by atoms with van der Waals surface area (Å²) in [6.45, 7) is 2.40. The van der Waals surface area contributed by atoms with E-state index in [0.29, 0.717) is 30.4 Å². The number of carbonyl (C=O) groups excluding carboxylic acids is 1. The maximum absolute atomic E-state index is 11.8. The number of benzene rings is 2. The summed E-state index contributed by atoms with van der Waals surface area (Å²) in [4.78, 5) is 16.1. The first kappa shape index (κ1) is 16.7. The summed E-state index contributed by atoms with van der Waals surface area (Å²) in [6, 6.07) is 17.1. The highest BCUT2D eigenvalue weighted by molar-refractivity contribution is 5.77. The molecule has 1 N–H and O–H groups in total. The Hall–Kier alpha value is -3.15. The summed E-state index contributed by atoms with van der Waals surface area (Å²) >= 11 is 0. The van der Waals surface area contributed by atoms with Gasteiger partial charge >= 0.3 is 0 Å². The van der Waals surface area contributed by atoms with Gasteiger partial charge in [-0.15, -0.1) is 0 Å². The van der Waals surface area contributed by atoms with Crippen LogP contribution in [-0.2, 0) is 11.2 Å². The number of nitrogens with zero attached hydrogens (tertiary/aromatic N) is 2. The number of carbonyl (C=O) groups is 1. The van der Waals surface area contributed by atoms with Crippen LogP contribution in [0.3, 0.4) is 0 Å². The van der Waals surface area contributed by atoms with Crippen molar-refractivity contribution in [1.82, 2.24) is 15.5 Å².